The maximum atomic E-state index is 12.7. The van der Waals surface area contributed by atoms with E-state index in [1.54, 1.807) is 38.6 Å². The Labute approximate surface area is 141 Å². The summed E-state index contributed by atoms with van der Waals surface area (Å²) in [7, 11) is 7.15. The van der Waals surface area contributed by atoms with Crippen LogP contribution in [0.1, 0.15) is 22.9 Å². The van der Waals surface area contributed by atoms with Crippen LogP contribution in [0.25, 0.3) is 0 Å². The first-order valence-corrected chi connectivity index (χ1v) is 7.92. The summed E-state index contributed by atoms with van der Waals surface area (Å²) >= 11 is 0. The van der Waals surface area contributed by atoms with Crippen LogP contribution >= 0.6 is 0 Å². The Morgan fingerprint density at radius 3 is 2.92 bits per heavy atom. The largest absolute Gasteiger partial charge is 0.481 e. The number of nitrogens with zero attached hydrogens (tertiary/aromatic N) is 5. The number of ether oxygens (including phenoxy) is 1. The maximum absolute atomic E-state index is 12.7. The lowest BCUT2D eigenvalue weighted by Gasteiger charge is -2.33. The van der Waals surface area contributed by atoms with Crippen molar-refractivity contribution in [3.8, 4) is 5.88 Å². The first-order chi connectivity index (χ1) is 11.5. The van der Waals surface area contributed by atoms with E-state index in [0.717, 1.165) is 17.0 Å². The van der Waals surface area contributed by atoms with Gasteiger partial charge in [0.1, 0.15) is 0 Å². The molecule has 3 heterocycles. The van der Waals surface area contributed by atoms with Gasteiger partial charge in [-0.3, -0.25) is 9.69 Å². The molecule has 7 nitrogen and oxygen atoms in total. The lowest BCUT2D eigenvalue weighted by Crippen LogP contribution is -2.41. The zero-order valence-electron chi connectivity index (χ0n) is 14.6. The smallest absolute Gasteiger partial charge is 0.232 e. The molecule has 1 aliphatic rings. The SMILES string of the molecule is COc1ncccc1CN1Cc2ncn(C)c2[C@@H](C(=O)N(C)C)C1. The fourth-order valence-corrected chi connectivity index (χ4v) is 3.27. The van der Waals surface area contributed by atoms with Gasteiger partial charge in [0.25, 0.3) is 0 Å². The van der Waals surface area contributed by atoms with Gasteiger partial charge in [0.05, 0.1) is 30.7 Å². The van der Waals surface area contributed by atoms with E-state index >= 15 is 0 Å². The van der Waals surface area contributed by atoms with Crippen LogP contribution in [0.2, 0.25) is 0 Å². The number of imidazole rings is 1. The molecule has 1 aliphatic heterocycles. The normalized spacial score (nSPS) is 17.4. The second-order valence-corrected chi connectivity index (χ2v) is 6.31. The highest BCUT2D eigenvalue weighted by molar-refractivity contribution is 5.83. The van der Waals surface area contributed by atoms with E-state index in [0.29, 0.717) is 25.5 Å². The van der Waals surface area contributed by atoms with E-state index < -0.39 is 0 Å². The fraction of sp³-hybridized carbons (Fsp3) is 0.471. The van der Waals surface area contributed by atoms with Gasteiger partial charge < -0.3 is 14.2 Å². The van der Waals surface area contributed by atoms with Crippen LogP contribution in [0.4, 0.5) is 0 Å². The van der Waals surface area contributed by atoms with E-state index in [1.165, 1.54) is 0 Å². The second kappa shape index (κ2) is 6.60. The standard InChI is InChI=1S/C17H23N5O2/c1-20(2)17(23)13-9-22(10-14-15(13)21(3)11-19-14)8-12-6-5-7-18-16(12)24-4/h5-7,11,13H,8-10H2,1-4H3/t13-/m0/s1. The molecule has 0 bridgehead atoms. The lowest BCUT2D eigenvalue weighted by molar-refractivity contribution is -0.131. The third-order valence-electron chi connectivity index (χ3n) is 4.38. The van der Waals surface area contributed by atoms with Crippen molar-refractivity contribution >= 4 is 5.91 Å². The summed E-state index contributed by atoms with van der Waals surface area (Å²) in [5, 5.41) is 0. The summed E-state index contributed by atoms with van der Waals surface area (Å²) in [6.07, 6.45) is 3.50. The number of rotatable bonds is 4. The summed E-state index contributed by atoms with van der Waals surface area (Å²) in [5.74, 6) is 0.515. The Hall–Kier alpha value is -2.41. The Bertz CT molecular complexity index is 740. The summed E-state index contributed by atoms with van der Waals surface area (Å²) in [6.45, 7) is 2.04. The zero-order valence-corrected chi connectivity index (χ0v) is 14.6. The van der Waals surface area contributed by atoms with Crippen LogP contribution in [0.15, 0.2) is 24.7 Å². The van der Waals surface area contributed by atoms with Crippen molar-refractivity contribution in [1.29, 1.82) is 0 Å². The fourth-order valence-electron chi connectivity index (χ4n) is 3.27. The van der Waals surface area contributed by atoms with Crippen molar-refractivity contribution in [3.63, 3.8) is 0 Å². The monoisotopic (exact) mass is 329 g/mol. The number of likely N-dealkylation sites (N-methyl/N-ethyl adjacent to an activating group) is 1. The third kappa shape index (κ3) is 2.99. The van der Waals surface area contributed by atoms with Crippen molar-refractivity contribution in [2.45, 2.75) is 19.0 Å². The minimum Gasteiger partial charge on any atom is -0.481 e. The predicted molar refractivity (Wildman–Crippen MR) is 89.5 cm³/mol. The molecule has 128 valence electrons. The maximum Gasteiger partial charge on any atom is 0.232 e. The van der Waals surface area contributed by atoms with Gasteiger partial charge in [-0.15, -0.1) is 0 Å². The number of pyridine rings is 1. The minimum atomic E-state index is -0.209. The van der Waals surface area contributed by atoms with E-state index in [2.05, 4.69) is 14.9 Å². The molecule has 0 unspecified atom stereocenters. The van der Waals surface area contributed by atoms with Gasteiger partial charge in [-0.05, 0) is 6.07 Å². The van der Waals surface area contributed by atoms with Gasteiger partial charge in [0.2, 0.25) is 11.8 Å². The van der Waals surface area contributed by atoms with Crippen LogP contribution < -0.4 is 4.74 Å². The molecule has 0 aliphatic carbocycles. The van der Waals surface area contributed by atoms with Crippen LogP contribution in [-0.4, -0.2) is 58.0 Å². The Morgan fingerprint density at radius 2 is 2.21 bits per heavy atom. The number of hydrogen-bond donors (Lipinski definition) is 0. The number of aryl methyl sites for hydroxylation is 1. The number of aromatic nitrogens is 3. The summed E-state index contributed by atoms with van der Waals surface area (Å²) in [5.41, 5.74) is 2.99. The molecule has 1 amide bonds. The number of fused-ring (bicyclic) bond motifs is 1. The molecule has 0 saturated carbocycles. The van der Waals surface area contributed by atoms with Crippen molar-refractivity contribution in [1.82, 2.24) is 24.3 Å². The molecule has 0 radical (unpaired) electrons. The first kappa shape index (κ1) is 16.4. The first-order valence-electron chi connectivity index (χ1n) is 7.92. The molecular weight excluding hydrogens is 306 g/mol. The molecule has 0 aromatic carbocycles. The zero-order chi connectivity index (χ0) is 17.3. The number of carbonyl (C=O) groups excluding carboxylic acids is 1. The number of amides is 1. The Morgan fingerprint density at radius 1 is 1.42 bits per heavy atom. The molecule has 2 aromatic rings. The van der Waals surface area contributed by atoms with Crippen molar-refractivity contribution in [2.75, 3.05) is 27.7 Å². The topological polar surface area (TPSA) is 63.5 Å². The molecular formula is C17H23N5O2. The molecule has 1 atom stereocenters. The molecule has 2 aromatic heterocycles. The summed E-state index contributed by atoms with van der Waals surface area (Å²) < 4.78 is 7.30. The van der Waals surface area contributed by atoms with Crippen LogP contribution in [0.3, 0.4) is 0 Å². The molecule has 0 N–H and O–H groups in total. The number of carbonyl (C=O) groups is 1. The molecule has 24 heavy (non-hydrogen) atoms. The van der Waals surface area contributed by atoms with Gasteiger partial charge in [-0.1, -0.05) is 6.07 Å². The van der Waals surface area contributed by atoms with Crippen LogP contribution in [0.5, 0.6) is 5.88 Å². The average Bonchev–Trinajstić information content (AvgIpc) is 2.95. The van der Waals surface area contributed by atoms with Gasteiger partial charge in [-0.25, -0.2) is 9.97 Å². The average molecular weight is 329 g/mol. The second-order valence-electron chi connectivity index (χ2n) is 6.31. The van der Waals surface area contributed by atoms with Crippen molar-refractivity contribution in [3.05, 3.63) is 41.6 Å². The highest BCUT2D eigenvalue weighted by atomic mass is 16.5. The highest BCUT2D eigenvalue weighted by Crippen LogP contribution is 2.30. The lowest BCUT2D eigenvalue weighted by atomic mass is 9.96. The molecule has 0 saturated heterocycles. The van der Waals surface area contributed by atoms with E-state index in [1.807, 2.05) is 23.7 Å². The molecule has 0 fully saturated rings. The van der Waals surface area contributed by atoms with Crippen molar-refractivity contribution < 1.29 is 9.53 Å². The van der Waals surface area contributed by atoms with Gasteiger partial charge in [-0.2, -0.15) is 0 Å². The van der Waals surface area contributed by atoms with Crippen molar-refractivity contribution in [2.24, 2.45) is 7.05 Å². The van der Waals surface area contributed by atoms with Gasteiger partial charge in [0, 0.05) is 52.5 Å². The molecule has 3 rings (SSSR count). The quantitative estimate of drug-likeness (QED) is 0.838. The predicted octanol–water partition coefficient (Wildman–Crippen LogP) is 1.01. The summed E-state index contributed by atoms with van der Waals surface area (Å²) in [6, 6.07) is 3.90. The van der Waals surface area contributed by atoms with Crippen LogP contribution in [0, 0.1) is 0 Å². The minimum absolute atomic E-state index is 0.0997. The molecule has 7 heteroatoms. The van der Waals surface area contributed by atoms with Gasteiger partial charge in [0.15, 0.2) is 0 Å². The van der Waals surface area contributed by atoms with Crippen LogP contribution in [-0.2, 0) is 24.9 Å². The Kier molecular flexibility index (Phi) is 4.53. The third-order valence-corrected chi connectivity index (χ3v) is 4.38. The highest BCUT2D eigenvalue weighted by Gasteiger charge is 2.34. The van der Waals surface area contributed by atoms with E-state index in [4.69, 9.17) is 4.74 Å². The molecule has 0 spiro atoms. The van der Waals surface area contributed by atoms with Gasteiger partial charge >= 0.3 is 0 Å². The Balaban J connectivity index is 1.88. The van der Waals surface area contributed by atoms with E-state index in [-0.39, 0.29) is 11.8 Å². The summed E-state index contributed by atoms with van der Waals surface area (Å²) in [4.78, 5) is 25.3. The van der Waals surface area contributed by atoms with E-state index in [9.17, 15) is 4.79 Å². The number of methoxy groups -OCH3 is 1. The number of hydrogen-bond acceptors (Lipinski definition) is 5.